The van der Waals surface area contributed by atoms with Gasteiger partial charge in [-0.25, -0.2) is 9.97 Å². The van der Waals surface area contributed by atoms with Crippen molar-refractivity contribution in [3.8, 4) is 22.8 Å². The quantitative estimate of drug-likeness (QED) is 0.558. The topological polar surface area (TPSA) is 80.8 Å². The molecule has 0 bridgehead atoms. The summed E-state index contributed by atoms with van der Waals surface area (Å²) >= 11 is 0. The lowest BCUT2D eigenvalue weighted by atomic mass is 10.00. The van der Waals surface area contributed by atoms with Gasteiger partial charge in [0.15, 0.2) is 0 Å². The fourth-order valence-corrected chi connectivity index (χ4v) is 3.35. The Morgan fingerprint density at radius 1 is 0.963 bits per heavy atom. The lowest BCUT2D eigenvalue weighted by Gasteiger charge is -2.30. The maximum Gasteiger partial charge on any atom is 0.263 e. The summed E-state index contributed by atoms with van der Waals surface area (Å²) in [4.78, 5) is 19.5. The monoisotopic (exact) mass is 356 g/mol. The highest BCUT2D eigenvalue weighted by molar-refractivity contribution is 5.70. The van der Waals surface area contributed by atoms with Crippen molar-refractivity contribution >= 4 is 5.82 Å². The van der Waals surface area contributed by atoms with Crippen molar-refractivity contribution in [1.29, 1.82) is 0 Å². The van der Waals surface area contributed by atoms with Crippen LogP contribution in [0.3, 0.4) is 0 Å². The summed E-state index contributed by atoms with van der Waals surface area (Å²) in [6.45, 7) is 1.68. The molecule has 0 atom stereocenters. The van der Waals surface area contributed by atoms with Crippen molar-refractivity contribution in [2.75, 3.05) is 11.4 Å². The summed E-state index contributed by atoms with van der Waals surface area (Å²) in [6.07, 6.45) is 7.67. The van der Waals surface area contributed by atoms with Gasteiger partial charge in [-0.05, 0) is 29.7 Å². The van der Waals surface area contributed by atoms with Crippen molar-refractivity contribution in [2.45, 2.75) is 13.0 Å². The molecule has 1 aliphatic rings. The fourth-order valence-electron chi connectivity index (χ4n) is 3.35. The molecule has 0 aliphatic carbocycles. The Balaban J connectivity index is 1.50. The third kappa shape index (κ3) is 2.93. The standard InChI is InChI=1S/C20H16N6O/c1-2-5-16-12-26(9-7-14(16)4-1)19-17(11-22-13-23-19)20-24-18(25-27-20)15-6-3-8-21-10-15/h1-6,8,10-11,13H,7,9,12H2. The molecule has 0 saturated carbocycles. The number of nitrogens with zero attached hydrogens (tertiary/aromatic N) is 6. The molecule has 0 radical (unpaired) electrons. The molecule has 0 fully saturated rings. The summed E-state index contributed by atoms with van der Waals surface area (Å²) in [5.41, 5.74) is 4.24. The van der Waals surface area contributed by atoms with Crippen LogP contribution in [0.25, 0.3) is 22.8 Å². The van der Waals surface area contributed by atoms with E-state index in [1.807, 2.05) is 12.1 Å². The van der Waals surface area contributed by atoms with Crippen LogP contribution in [0.1, 0.15) is 11.1 Å². The normalized spacial score (nSPS) is 13.4. The Bertz CT molecular complexity index is 1080. The number of aromatic nitrogens is 5. The second kappa shape index (κ2) is 6.60. The van der Waals surface area contributed by atoms with Gasteiger partial charge in [-0.3, -0.25) is 4.98 Å². The number of hydrogen-bond acceptors (Lipinski definition) is 7. The summed E-state index contributed by atoms with van der Waals surface area (Å²) in [7, 11) is 0. The largest absolute Gasteiger partial charge is 0.351 e. The van der Waals surface area contributed by atoms with Crippen LogP contribution < -0.4 is 4.90 Å². The molecular formula is C20H16N6O. The highest BCUT2D eigenvalue weighted by Gasteiger charge is 2.23. The van der Waals surface area contributed by atoms with Crippen molar-refractivity contribution in [3.63, 3.8) is 0 Å². The molecule has 0 spiro atoms. The van der Waals surface area contributed by atoms with Gasteiger partial charge in [-0.2, -0.15) is 4.98 Å². The van der Waals surface area contributed by atoms with E-state index in [1.165, 1.54) is 11.1 Å². The maximum atomic E-state index is 5.51. The third-order valence-electron chi connectivity index (χ3n) is 4.70. The molecule has 4 heterocycles. The number of anilines is 1. The average Bonchev–Trinajstić information content (AvgIpc) is 3.24. The first-order chi connectivity index (χ1) is 13.4. The number of rotatable bonds is 3. The molecule has 0 saturated heterocycles. The van der Waals surface area contributed by atoms with Gasteiger partial charge in [-0.1, -0.05) is 29.4 Å². The van der Waals surface area contributed by atoms with Crippen molar-refractivity contribution < 1.29 is 4.52 Å². The first kappa shape index (κ1) is 15.6. The SMILES string of the molecule is c1cncc(-c2noc(-c3cncnc3N3CCc4ccccc4C3)n2)c1. The van der Waals surface area contributed by atoms with Crippen molar-refractivity contribution in [3.05, 3.63) is 72.4 Å². The number of benzene rings is 1. The Labute approximate surface area is 155 Å². The highest BCUT2D eigenvalue weighted by atomic mass is 16.5. The highest BCUT2D eigenvalue weighted by Crippen LogP contribution is 2.31. The van der Waals surface area contributed by atoms with Gasteiger partial charge in [0.2, 0.25) is 5.82 Å². The Morgan fingerprint density at radius 2 is 1.89 bits per heavy atom. The van der Waals surface area contributed by atoms with E-state index in [0.717, 1.165) is 36.5 Å². The van der Waals surface area contributed by atoms with Gasteiger partial charge >= 0.3 is 0 Å². The van der Waals surface area contributed by atoms with E-state index in [4.69, 9.17) is 4.52 Å². The van der Waals surface area contributed by atoms with E-state index in [-0.39, 0.29) is 0 Å². The van der Waals surface area contributed by atoms with E-state index in [2.05, 4.69) is 54.3 Å². The molecule has 0 unspecified atom stereocenters. The summed E-state index contributed by atoms with van der Waals surface area (Å²) in [5.74, 6) is 1.71. The van der Waals surface area contributed by atoms with E-state index in [0.29, 0.717) is 11.7 Å². The van der Waals surface area contributed by atoms with Crippen molar-refractivity contribution in [1.82, 2.24) is 25.1 Å². The Morgan fingerprint density at radius 3 is 2.78 bits per heavy atom. The predicted octanol–water partition coefficient (Wildman–Crippen LogP) is 3.15. The van der Waals surface area contributed by atoms with Crippen LogP contribution in [0.2, 0.25) is 0 Å². The first-order valence-electron chi connectivity index (χ1n) is 8.75. The van der Waals surface area contributed by atoms with Crippen LogP contribution in [-0.2, 0) is 13.0 Å². The molecule has 0 amide bonds. The minimum atomic E-state index is 0.406. The molecule has 1 aromatic carbocycles. The molecule has 5 rings (SSSR count). The van der Waals surface area contributed by atoms with E-state index >= 15 is 0 Å². The predicted molar refractivity (Wildman–Crippen MR) is 99.8 cm³/mol. The number of hydrogen-bond donors (Lipinski definition) is 0. The van der Waals surface area contributed by atoms with Crippen LogP contribution in [-0.4, -0.2) is 31.6 Å². The van der Waals surface area contributed by atoms with Gasteiger partial charge < -0.3 is 9.42 Å². The zero-order valence-electron chi connectivity index (χ0n) is 14.5. The molecule has 1 aliphatic heterocycles. The van der Waals surface area contributed by atoms with Crippen LogP contribution in [0.5, 0.6) is 0 Å². The Kier molecular flexibility index (Phi) is 3.82. The summed E-state index contributed by atoms with van der Waals surface area (Å²) in [5, 5.41) is 4.08. The molecule has 3 aromatic heterocycles. The van der Waals surface area contributed by atoms with Gasteiger partial charge in [0.25, 0.3) is 5.89 Å². The third-order valence-corrected chi connectivity index (χ3v) is 4.70. The van der Waals surface area contributed by atoms with Crippen LogP contribution in [0, 0.1) is 0 Å². The van der Waals surface area contributed by atoms with E-state index in [9.17, 15) is 0 Å². The first-order valence-corrected chi connectivity index (χ1v) is 8.75. The summed E-state index contributed by atoms with van der Waals surface area (Å²) < 4.78 is 5.51. The van der Waals surface area contributed by atoms with Gasteiger partial charge in [0.1, 0.15) is 17.7 Å². The molecular weight excluding hydrogens is 340 g/mol. The zero-order chi connectivity index (χ0) is 18.1. The zero-order valence-corrected chi connectivity index (χ0v) is 14.5. The van der Waals surface area contributed by atoms with Crippen molar-refractivity contribution in [2.24, 2.45) is 0 Å². The van der Waals surface area contributed by atoms with Gasteiger partial charge in [0.05, 0.1) is 0 Å². The van der Waals surface area contributed by atoms with Gasteiger partial charge in [0, 0.05) is 37.2 Å². The molecule has 132 valence electrons. The smallest absolute Gasteiger partial charge is 0.263 e. The fraction of sp³-hybridized carbons (Fsp3) is 0.150. The lowest BCUT2D eigenvalue weighted by Crippen LogP contribution is -2.31. The van der Waals surface area contributed by atoms with E-state index in [1.54, 1.807) is 24.9 Å². The number of fused-ring (bicyclic) bond motifs is 1. The molecule has 4 aromatic rings. The molecule has 27 heavy (non-hydrogen) atoms. The van der Waals surface area contributed by atoms with Crippen LogP contribution in [0.4, 0.5) is 5.82 Å². The molecule has 7 heteroatoms. The Hall–Kier alpha value is -3.61. The van der Waals surface area contributed by atoms with Crippen LogP contribution in [0.15, 0.2) is 65.8 Å². The second-order valence-electron chi connectivity index (χ2n) is 6.37. The van der Waals surface area contributed by atoms with E-state index < -0.39 is 0 Å². The summed E-state index contributed by atoms with van der Waals surface area (Å²) in [6, 6.07) is 12.2. The maximum absolute atomic E-state index is 5.51. The average molecular weight is 356 g/mol. The van der Waals surface area contributed by atoms with Crippen LogP contribution >= 0.6 is 0 Å². The minimum Gasteiger partial charge on any atom is -0.351 e. The number of pyridine rings is 1. The minimum absolute atomic E-state index is 0.406. The molecule has 0 N–H and O–H groups in total. The van der Waals surface area contributed by atoms with Gasteiger partial charge in [-0.15, -0.1) is 0 Å². The second-order valence-corrected chi connectivity index (χ2v) is 6.37. The molecule has 7 nitrogen and oxygen atoms in total. The lowest BCUT2D eigenvalue weighted by molar-refractivity contribution is 0.432.